The molecule has 0 aliphatic heterocycles. The van der Waals surface area contributed by atoms with Crippen molar-refractivity contribution < 1.29 is 10.00 Å². The first-order chi connectivity index (χ1) is 4.54. The first-order valence-electron chi connectivity index (χ1n) is 1.95. The van der Waals surface area contributed by atoms with Crippen molar-refractivity contribution in [2.24, 2.45) is 0 Å². The third-order valence-corrected chi connectivity index (χ3v) is 0.316. The van der Waals surface area contributed by atoms with Crippen LogP contribution in [0.1, 0.15) is 0 Å². The Morgan fingerprint density at radius 1 is 1.30 bits per heavy atom. The first kappa shape index (κ1) is 12.7. The molecule has 0 heterocycles. The van der Waals surface area contributed by atoms with Crippen LogP contribution in [0.4, 0.5) is 0 Å². The highest BCUT2D eigenvalue weighted by molar-refractivity contribution is 7.99. The van der Waals surface area contributed by atoms with Crippen molar-refractivity contribution in [2.75, 3.05) is 0 Å². The van der Waals surface area contributed by atoms with Crippen molar-refractivity contribution in [3.63, 3.8) is 0 Å². The van der Waals surface area contributed by atoms with Gasteiger partial charge in [0.15, 0.2) is 6.10 Å². The van der Waals surface area contributed by atoms with Crippen LogP contribution in [-0.4, -0.2) is 16.1 Å². The molecule has 0 saturated carbocycles. The number of hydrogen-bond acceptors (Lipinski definition) is 2. The van der Waals surface area contributed by atoms with E-state index in [-0.39, 0.29) is 0 Å². The van der Waals surface area contributed by atoms with Crippen LogP contribution in [0, 0.1) is 24.7 Å². The Morgan fingerprint density at radius 3 is 1.50 bits per heavy atom. The van der Waals surface area contributed by atoms with Gasteiger partial charge in [-0.15, -0.1) is 12.8 Å². The Bertz CT molecular complexity index is 130. The molecule has 0 spiro atoms. The minimum atomic E-state index is -1.68. The molecule has 0 saturated heterocycles. The molecule has 2 N–H and O–H groups in total. The summed E-state index contributed by atoms with van der Waals surface area (Å²) in [5.74, 6) is 3.87. The molecule has 0 aromatic heterocycles. The molecule has 10 heavy (non-hydrogen) atoms. The van der Waals surface area contributed by atoms with Crippen molar-refractivity contribution in [3.05, 3.63) is 0 Å². The first-order valence-corrected chi connectivity index (χ1v) is 5.06. The van der Waals surface area contributed by atoms with Crippen molar-refractivity contribution in [3.8, 4) is 24.7 Å². The van der Waals surface area contributed by atoms with Gasteiger partial charge in [-0.1, -0.05) is 11.8 Å². The molecule has 0 amide bonds. The molecule has 0 rings (SSSR count). The molecule has 2 nitrogen and oxygen atoms in total. The van der Waals surface area contributed by atoms with Gasteiger partial charge in [-0.3, -0.25) is 0 Å². The SMILES string of the molecule is C#CC(O)C#C.OP(Cl)Cl. The minimum Gasteiger partial charge on any atom is -0.369 e. The molecule has 0 aliphatic carbocycles. The van der Waals surface area contributed by atoms with Gasteiger partial charge in [0.25, 0.3) is 0 Å². The Kier molecular flexibility index (Phi) is 11.5. The predicted molar refractivity (Wildman–Crippen MR) is 44.5 cm³/mol. The van der Waals surface area contributed by atoms with Crippen molar-refractivity contribution >= 4 is 29.3 Å². The molecule has 0 bridgehead atoms. The van der Waals surface area contributed by atoms with E-state index in [9.17, 15) is 0 Å². The molecule has 0 atom stereocenters. The minimum absolute atomic E-state index is 1.01. The zero-order valence-corrected chi connectivity index (χ0v) is 7.24. The van der Waals surface area contributed by atoms with Gasteiger partial charge in [0.1, 0.15) is 0 Å². The summed E-state index contributed by atoms with van der Waals surface area (Å²) in [5, 5.41) is 8.19. The van der Waals surface area contributed by atoms with Gasteiger partial charge in [0, 0.05) is 0 Å². The lowest BCUT2D eigenvalue weighted by Gasteiger charge is -1.81. The molecular formula is C5H5Cl2O2P. The van der Waals surface area contributed by atoms with Gasteiger partial charge in [-0.2, -0.15) is 0 Å². The van der Waals surface area contributed by atoms with Crippen LogP contribution in [0.3, 0.4) is 0 Å². The fourth-order valence-electron chi connectivity index (χ4n) is 0.0481. The highest BCUT2D eigenvalue weighted by Crippen LogP contribution is 2.40. The lowest BCUT2D eigenvalue weighted by Crippen LogP contribution is -1.94. The third-order valence-electron chi connectivity index (χ3n) is 0.316. The number of aliphatic hydroxyl groups excluding tert-OH is 1. The van der Waals surface area contributed by atoms with Crippen LogP contribution in [0.5, 0.6) is 0 Å². The second-order valence-electron chi connectivity index (χ2n) is 0.951. The van der Waals surface area contributed by atoms with E-state index in [0.29, 0.717) is 0 Å². The number of hydrogen-bond donors (Lipinski definition) is 2. The Balaban J connectivity index is 0. The third kappa shape index (κ3) is 24.4. The predicted octanol–water partition coefficient (Wildman–Crippen LogP) is 1.30. The highest BCUT2D eigenvalue weighted by atomic mass is 35.9. The van der Waals surface area contributed by atoms with Gasteiger partial charge in [-0.05, 0) is 22.5 Å². The van der Waals surface area contributed by atoms with Crippen molar-refractivity contribution in [1.29, 1.82) is 0 Å². The van der Waals surface area contributed by atoms with E-state index in [4.69, 9.17) is 10.00 Å². The molecule has 0 radical (unpaired) electrons. The largest absolute Gasteiger partial charge is 0.369 e. The van der Waals surface area contributed by atoms with Crippen LogP contribution >= 0.6 is 29.3 Å². The van der Waals surface area contributed by atoms with Crippen LogP contribution in [0.25, 0.3) is 0 Å². The summed E-state index contributed by atoms with van der Waals surface area (Å²) in [4.78, 5) is 7.65. The summed E-state index contributed by atoms with van der Waals surface area (Å²) in [5.41, 5.74) is 0. The van der Waals surface area contributed by atoms with Crippen LogP contribution in [-0.2, 0) is 0 Å². The quantitative estimate of drug-likeness (QED) is 0.455. The summed E-state index contributed by atoms with van der Waals surface area (Å²) >= 11 is 9.32. The van der Waals surface area contributed by atoms with Gasteiger partial charge in [0.05, 0.1) is 0 Å². The lowest BCUT2D eigenvalue weighted by molar-refractivity contribution is 0.290. The maximum Gasteiger partial charge on any atom is 0.222 e. The normalized spacial score (nSPS) is 7.60. The Labute approximate surface area is 70.6 Å². The summed E-state index contributed by atoms with van der Waals surface area (Å²) in [6.07, 6.45) is 8.27. The maximum atomic E-state index is 8.19. The second-order valence-corrected chi connectivity index (χ2v) is 3.82. The van der Waals surface area contributed by atoms with Gasteiger partial charge in [-0.25, -0.2) is 0 Å². The number of aliphatic hydroxyl groups is 1. The summed E-state index contributed by atoms with van der Waals surface area (Å²) in [6.45, 7) is -1.68. The second kappa shape index (κ2) is 9.05. The monoisotopic (exact) mass is 198 g/mol. The Morgan fingerprint density at radius 2 is 1.50 bits per heavy atom. The molecule has 0 fully saturated rings. The number of halogens is 2. The van der Waals surface area contributed by atoms with Crippen molar-refractivity contribution in [2.45, 2.75) is 6.10 Å². The molecule has 5 heteroatoms. The summed E-state index contributed by atoms with van der Waals surface area (Å²) in [7, 11) is 0. The molecule has 0 unspecified atom stereocenters. The number of rotatable bonds is 0. The van der Waals surface area contributed by atoms with Crippen LogP contribution in [0.2, 0.25) is 0 Å². The van der Waals surface area contributed by atoms with Gasteiger partial charge in [0.2, 0.25) is 6.85 Å². The standard InChI is InChI=1S/C5H4O.Cl2HOP/c1-3-5(6)4-2;1-4(2)3/h1-2,5-6H;3H. The average molecular weight is 199 g/mol. The fourth-order valence-corrected chi connectivity index (χ4v) is 0.0481. The van der Waals surface area contributed by atoms with Gasteiger partial charge < -0.3 is 10.00 Å². The summed E-state index contributed by atoms with van der Waals surface area (Å²) in [6, 6.07) is 0. The highest BCUT2D eigenvalue weighted by Gasteiger charge is 1.81. The summed E-state index contributed by atoms with van der Waals surface area (Å²) < 4.78 is 0. The smallest absolute Gasteiger partial charge is 0.222 e. The maximum absolute atomic E-state index is 8.19. The zero-order chi connectivity index (χ0) is 8.57. The molecule has 0 aromatic carbocycles. The van der Waals surface area contributed by atoms with Crippen LogP contribution in [0.15, 0.2) is 0 Å². The van der Waals surface area contributed by atoms with E-state index in [0.717, 1.165) is 0 Å². The van der Waals surface area contributed by atoms with E-state index in [1.165, 1.54) is 0 Å². The van der Waals surface area contributed by atoms with Crippen LogP contribution < -0.4 is 0 Å². The van der Waals surface area contributed by atoms with E-state index in [1.807, 2.05) is 11.8 Å². The Hall–Kier alpha value is 0.0500. The molecule has 56 valence electrons. The average Bonchev–Trinajstić information content (AvgIpc) is 1.85. The van der Waals surface area contributed by atoms with E-state index >= 15 is 0 Å². The van der Waals surface area contributed by atoms with E-state index < -0.39 is 13.0 Å². The lowest BCUT2D eigenvalue weighted by atomic mass is 10.4. The fraction of sp³-hybridized carbons (Fsp3) is 0.200. The molecule has 0 aromatic rings. The number of terminal acetylenes is 2. The van der Waals surface area contributed by atoms with Crippen molar-refractivity contribution in [1.82, 2.24) is 0 Å². The molecular weight excluding hydrogens is 194 g/mol. The van der Waals surface area contributed by atoms with E-state index in [2.05, 4.69) is 35.3 Å². The topological polar surface area (TPSA) is 40.5 Å². The van der Waals surface area contributed by atoms with Gasteiger partial charge >= 0.3 is 0 Å². The van der Waals surface area contributed by atoms with E-state index in [1.54, 1.807) is 0 Å². The zero-order valence-electron chi connectivity index (χ0n) is 4.83. The molecule has 0 aliphatic rings.